The zero-order chi connectivity index (χ0) is 13.2. The summed E-state index contributed by atoms with van der Waals surface area (Å²) >= 11 is 0. The maximum absolute atomic E-state index is 11.8. The Morgan fingerprint density at radius 2 is 1.88 bits per heavy atom. The summed E-state index contributed by atoms with van der Waals surface area (Å²) in [7, 11) is -3.29. The maximum atomic E-state index is 11.8. The third kappa shape index (κ3) is 3.66. The van der Waals surface area contributed by atoms with Gasteiger partial charge in [0, 0.05) is 12.7 Å². The van der Waals surface area contributed by atoms with E-state index in [-0.39, 0.29) is 12.2 Å². The van der Waals surface area contributed by atoms with Crippen molar-refractivity contribution in [1.29, 1.82) is 0 Å². The number of hydrogen-bond acceptors (Lipinski definition) is 3. The minimum atomic E-state index is -3.29. The molecule has 1 unspecified atom stereocenters. The second kappa shape index (κ2) is 5.00. The van der Waals surface area contributed by atoms with Gasteiger partial charge in [-0.2, -0.15) is 0 Å². The van der Waals surface area contributed by atoms with Gasteiger partial charge in [0.1, 0.15) is 5.25 Å². The molecule has 0 fully saturated rings. The Morgan fingerprint density at radius 3 is 2.41 bits per heavy atom. The number of hydrogen-bond donors (Lipinski definition) is 0. The third-order valence-electron chi connectivity index (χ3n) is 2.96. The largest absolute Gasteiger partial charge is 0.298 e. The predicted octanol–water partition coefficient (Wildman–Crippen LogP) is 1.85. The van der Waals surface area contributed by atoms with Gasteiger partial charge in [0.05, 0.1) is 0 Å². The van der Waals surface area contributed by atoms with Crippen LogP contribution in [-0.2, 0) is 21.1 Å². The van der Waals surface area contributed by atoms with Gasteiger partial charge in [0.2, 0.25) is 0 Å². The molecule has 1 aromatic carbocycles. The maximum Gasteiger partial charge on any atom is 0.157 e. The molecule has 17 heavy (non-hydrogen) atoms. The normalized spacial score (nSPS) is 13.4. The lowest BCUT2D eigenvalue weighted by Crippen LogP contribution is -2.27. The average Bonchev–Trinajstić information content (AvgIpc) is 2.21. The zero-order valence-corrected chi connectivity index (χ0v) is 11.5. The number of carbonyl (C=O) groups excluding carboxylic acids is 1. The molecule has 0 radical (unpaired) electrons. The molecule has 0 heterocycles. The molecule has 0 aliphatic heterocycles. The van der Waals surface area contributed by atoms with E-state index in [1.165, 1.54) is 6.92 Å². The monoisotopic (exact) mass is 254 g/mol. The highest BCUT2D eigenvalue weighted by Crippen LogP contribution is 2.13. The van der Waals surface area contributed by atoms with E-state index >= 15 is 0 Å². The van der Waals surface area contributed by atoms with Crippen molar-refractivity contribution in [2.45, 2.75) is 32.4 Å². The number of sulfone groups is 1. The molecule has 0 N–H and O–H groups in total. The first kappa shape index (κ1) is 13.9. The molecule has 1 rings (SSSR count). The molecular formula is C13H18O3S. The highest BCUT2D eigenvalue weighted by Gasteiger charge is 2.23. The molecule has 4 heteroatoms. The van der Waals surface area contributed by atoms with Gasteiger partial charge < -0.3 is 0 Å². The Hall–Kier alpha value is -1.16. The molecule has 0 aromatic heterocycles. The lowest BCUT2D eigenvalue weighted by atomic mass is 10.00. The van der Waals surface area contributed by atoms with E-state index in [9.17, 15) is 13.2 Å². The quantitative estimate of drug-likeness (QED) is 0.824. The van der Waals surface area contributed by atoms with Crippen molar-refractivity contribution in [1.82, 2.24) is 0 Å². The first-order valence-electron chi connectivity index (χ1n) is 5.49. The van der Waals surface area contributed by atoms with E-state index in [2.05, 4.69) is 0 Å². The van der Waals surface area contributed by atoms with Crippen LogP contribution in [0.25, 0.3) is 0 Å². The van der Waals surface area contributed by atoms with Crippen molar-refractivity contribution in [2.75, 3.05) is 6.26 Å². The summed E-state index contributed by atoms with van der Waals surface area (Å²) in [5, 5.41) is -0.928. The van der Waals surface area contributed by atoms with E-state index in [0.29, 0.717) is 0 Å². The molecule has 0 aliphatic rings. The Kier molecular flexibility index (Phi) is 4.09. The van der Waals surface area contributed by atoms with Crippen LogP contribution in [0.4, 0.5) is 0 Å². The smallest absolute Gasteiger partial charge is 0.157 e. The molecule has 0 saturated heterocycles. The number of aryl methyl sites for hydroxylation is 2. The van der Waals surface area contributed by atoms with Crippen molar-refractivity contribution in [3.8, 4) is 0 Å². The Morgan fingerprint density at radius 1 is 1.29 bits per heavy atom. The fraction of sp³-hybridized carbons (Fsp3) is 0.462. The lowest BCUT2D eigenvalue weighted by Gasteiger charge is -2.10. The molecule has 0 saturated carbocycles. The fourth-order valence-corrected chi connectivity index (χ4v) is 2.12. The third-order valence-corrected chi connectivity index (χ3v) is 4.51. The molecule has 3 nitrogen and oxygen atoms in total. The zero-order valence-electron chi connectivity index (χ0n) is 10.6. The fourth-order valence-electron chi connectivity index (χ4n) is 1.56. The first-order valence-corrected chi connectivity index (χ1v) is 7.45. The average molecular weight is 254 g/mol. The molecule has 0 aliphatic carbocycles. The Balaban J connectivity index is 2.92. The molecule has 1 aromatic rings. The predicted molar refractivity (Wildman–Crippen MR) is 68.9 cm³/mol. The van der Waals surface area contributed by atoms with E-state index < -0.39 is 15.1 Å². The minimum Gasteiger partial charge on any atom is -0.298 e. The van der Waals surface area contributed by atoms with Crippen molar-refractivity contribution in [2.24, 2.45) is 0 Å². The number of rotatable bonds is 4. The van der Waals surface area contributed by atoms with Gasteiger partial charge in [-0.25, -0.2) is 8.42 Å². The van der Waals surface area contributed by atoms with Crippen LogP contribution in [0, 0.1) is 13.8 Å². The number of carbonyl (C=O) groups is 1. The standard InChI is InChI=1S/C13H18O3S/c1-9-5-6-10(2)12(7-9)8-13(14)11(3)17(4,15)16/h5-7,11H,8H2,1-4H3. The van der Waals surface area contributed by atoms with Gasteiger partial charge in [-0.3, -0.25) is 4.79 Å². The second-order valence-corrected chi connectivity index (χ2v) is 6.91. The first-order chi connectivity index (χ1) is 7.71. The molecule has 94 valence electrons. The van der Waals surface area contributed by atoms with Crippen molar-refractivity contribution in [3.05, 3.63) is 34.9 Å². The Labute approximate surface area is 103 Å². The summed E-state index contributed by atoms with van der Waals surface area (Å²) < 4.78 is 22.6. The van der Waals surface area contributed by atoms with Crippen LogP contribution in [-0.4, -0.2) is 25.7 Å². The lowest BCUT2D eigenvalue weighted by molar-refractivity contribution is -0.117. The summed E-state index contributed by atoms with van der Waals surface area (Å²) in [6.45, 7) is 5.32. The van der Waals surface area contributed by atoms with Gasteiger partial charge in [-0.15, -0.1) is 0 Å². The van der Waals surface area contributed by atoms with E-state index in [1.54, 1.807) is 0 Å². The summed E-state index contributed by atoms with van der Waals surface area (Å²) in [6.07, 6.45) is 1.28. The van der Waals surface area contributed by atoms with Gasteiger partial charge in [-0.1, -0.05) is 23.8 Å². The number of benzene rings is 1. The van der Waals surface area contributed by atoms with Crippen molar-refractivity contribution in [3.63, 3.8) is 0 Å². The Bertz CT molecular complexity index is 530. The van der Waals surface area contributed by atoms with E-state index in [0.717, 1.165) is 22.9 Å². The SMILES string of the molecule is Cc1ccc(C)c(CC(=O)C(C)S(C)(=O)=O)c1. The van der Waals surface area contributed by atoms with E-state index in [4.69, 9.17) is 0 Å². The van der Waals surface area contributed by atoms with Crippen LogP contribution in [0.2, 0.25) is 0 Å². The van der Waals surface area contributed by atoms with Gasteiger partial charge in [0.25, 0.3) is 0 Å². The highest BCUT2D eigenvalue weighted by molar-refractivity contribution is 7.92. The number of ketones is 1. The van der Waals surface area contributed by atoms with Crippen LogP contribution in [0.15, 0.2) is 18.2 Å². The van der Waals surface area contributed by atoms with Gasteiger partial charge in [-0.05, 0) is 31.9 Å². The molecule has 0 spiro atoms. The molecule has 0 bridgehead atoms. The van der Waals surface area contributed by atoms with Crippen LogP contribution in [0.5, 0.6) is 0 Å². The topological polar surface area (TPSA) is 51.2 Å². The van der Waals surface area contributed by atoms with Gasteiger partial charge in [0.15, 0.2) is 15.6 Å². The second-order valence-electron chi connectivity index (χ2n) is 4.54. The van der Waals surface area contributed by atoms with Crippen molar-refractivity contribution < 1.29 is 13.2 Å². The molecular weight excluding hydrogens is 236 g/mol. The summed E-state index contributed by atoms with van der Waals surface area (Å²) in [5.41, 5.74) is 3.00. The van der Waals surface area contributed by atoms with Gasteiger partial charge >= 0.3 is 0 Å². The van der Waals surface area contributed by atoms with E-state index in [1.807, 2.05) is 32.0 Å². The van der Waals surface area contributed by atoms with Crippen molar-refractivity contribution >= 4 is 15.6 Å². The van der Waals surface area contributed by atoms with Crippen LogP contribution < -0.4 is 0 Å². The van der Waals surface area contributed by atoms with Crippen LogP contribution in [0.3, 0.4) is 0 Å². The molecule has 1 atom stereocenters. The molecule has 0 amide bonds. The van der Waals surface area contributed by atoms with Crippen LogP contribution in [0.1, 0.15) is 23.6 Å². The summed E-state index contributed by atoms with van der Waals surface area (Å²) in [6, 6.07) is 5.86. The van der Waals surface area contributed by atoms with Crippen LogP contribution >= 0.6 is 0 Å². The minimum absolute atomic E-state index is 0.182. The number of Topliss-reactive ketones (excluding diaryl/α,β-unsaturated/α-hetero) is 1. The summed E-state index contributed by atoms with van der Waals surface area (Å²) in [5.74, 6) is -0.249. The highest BCUT2D eigenvalue weighted by atomic mass is 32.2. The summed E-state index contributed by atoms with van der Waals surface area (Å²) in [4.78, 5) is 11.8.